The summed E-state index contributed by atoms with van der Waals surface area (Å²) in [6, 6.07) is 7.96. The fraction of sp³-hybridized carbons (Fsp3) is 0.214. The third-order valence-corrected chi connectivity index (χ3v) is 2.81. The first kappa shape index (κ1) is 14.7. The molecule has 0 fully saturated rings. The van der Waals surface area contributed by atoms with Crippen LogP contribution in [0.4, 0.5) is 5.82 Å². The van der Waals surface area contributed by atoms with Crippen molar-refractivity contribution in [2.75, 3.05) is 5.32 Å². The number of nitrogens with one attached hydrogen (secondary N) is 1. The molecule has 1 amide bonds. The zero-order valence-electron chi connectivity index (χ0n) is 11.8. The number of amides is 1. The summed E-state index contributed by atoms with van der Waals surface area (Å²) in [5.74, 6) is 0.121. The van der Waals surface area contributed by atoms with Crippen LogP contribution in [0.3, 0.4) is 0 Å². The number of aromatic nitrogens is 2. The molecule has 0 spiro atoms. The molecule has 1 aromatic carbocycles. The molecule has 0 atom stereocenters. The summed E-state index contributed by atoms with van der Waals surface area (Å²) < 4.78 is 6.51. The minimum Gasteiger partial charge on any atom is -0.427 e. The van der Waals surface area contributed by atoms with Crippen molar-refractivity contribution >= 4 is 17.7 Å². The van der Waals surface area contributed by atoms with Crippen molar-refractivity contribution in [3.05, 3.63) is 41.6 Å². The van der Waals surface area contributed by atoms with Gasteiger partial charge in [-0.25, -0.2) is 0 Å². The molecule has 7 heteroatoms. The second-order valence-corrected chi connectivity index (χ2v) is 4.42. The number of hydrogen-bond donors (Lipinski definition) is 2. The Morgan fingerprint density at radius 2 is 2.00 bits per heavy atom. The van der Waals surface area contributed by atoms with Crippen LogP contribution in [0.2, 0.25) is 0 Å². The predicted molar refractivity (Wildman–Crippen MR) is 76.8 cm³/mol. The molecule has 0 radical (unpaired) electrons. The van der Waals surface area contributed by atoms with E-state index in [4.69, 9.17) is 10.5 Å². The first-order valence-electron chi connectivity index (χ1n) is 6.32. The lowest BCUT2D eigenvalue weighted by Crippen LogP contribution is -2.12. The second kappa shape index (κ2) is 6.19. The molecule has 110 valence electrons. The molecule has 3 N–H and O–H groups in total. The Hall–Kier alpha value is -2.67. The van der Waals surface area contributed by atoms with Crippen molar-refractivity contribution in [1.82, 2.24) is 9.78 Å². The molecule has 2 rings (SSSR count). The molecular weight excluding hydrogens is 272 g/mol. The third-order valence-electron chi connectivity index (χ3n) is 2.81. The van der Waals surface area contributed by atoms with E-state index in [0.29, 0.717) is 23.7 Å². The number of nitrogens with zero attached hydrogens (tertiary/aromatic N) is 2. The number of anilines is 1. The summed E-state index contributed by atoms with van der Waals surface area (Å²) in [6.07, 6.45) is 0. The quantitative estimate of drug-likeness (QED) is 0.647. The van der Waals surface area contributed by atoms with Crippen molar-refractivity contribution < 1.29 is 14.3 Å². The van der Waals surface area contributed by atoms with Crippen molar-refractivity contribution in [3.63, 3.8) is 0 Å². The summed E-state index contributed by atoms with van der Waals surface area (Å²) in [6.45, 7) is 1.66. The largest absolute Gasteiger partial charge is 0.427 e. The van der Waals surface area contributed by atoms with Gasteiger partial charge in [0.15, 0.2) is 5.82 Å². The molecule has 0 aliphatic rings. The van der Waals surface area contributed by atoms with Crippen LogP contribution in [0.15, 0.2) is 30.3 Å². The molecule has 0 bridgehead atoms. The van der Waals surface area contributed by atoms with Gasteiger partial charge >= 0.3 is 5.97 Å². The molecule has 0 saturated carbocycles. The van der Waals surface area contributed by atoms with Crippen LogP contribution in [0.1, 0.15) is 23.0 Å². The van der Waals surface area contributed by atoms with E-state index < -0.39 is 5.97 Å². The number of carbonyl (C=O) groups excluding carboxylic acids is 2. The first-order chi connectivity index (χ1) is 9.99. The van der Waals surface area contributed by atoms with E-state index in [0.717, 1.165) is 5.69 Å². The summed E-state index contributed by atoms with van der Waals surface area (Å²) in [7, 11) is 1.76. The molecule has 0 aliphatic carbocycles. The van der Waals surface area contributed by atoms with Gasteiger partial charge in [-0.3, -0.25) is 14.3 Å². The fourth-order valence-corrected chi connectivity index (χ4v) is 1.79. The third kappa shape index (κ3) is 3.67. The molecule has 7 nitrogen and oxygen atoms in total. The number of hydrogen-bond acceptors (Lipinski definition) is 5. The number of aryl methyl sites for hydroxylation is 1. The molecule has 0 saturated heterocycles. The Morgan fingerprint density at radius 1 is 1.33 bits per heavy atom. The van der Waals surface area contributed by atoms with E-state index in [-0.39, 0.29) is 5.91 Å². The molecule has 1 heterocycles. The normalized spacial score (nSPS) is 10.2. The first-order valence-corrected chi connectivity index (χ1v) is 6.32. The molecule has 0 aliphatic heterocycles. The van der Waals surface area contributed by atoms with Crippen LogP contribution in [0.5, 0.6) is 5.75 Å². The molecule has 0 unspecified atom stereocenters. The SMILES string of the molecule is CC(=O)Oc1ccc(C(=O)Nc2cc(CN)n(C)n2)cc1. The van der Waals surface area contributed by atoms with Crippen LogP contribution in [0.25, 0.3) is 0 Å². The smallest absolute Gasteiger partial charge is 0.308 e. The molecule has 21 heavy (non-hydrogen) atoms. The molecule has 2 aromatic rings. The zero-order valence-corrected chi connectivity index (χ0v) is 11.8. The summed E-state index contributed by atoms with van der Waals surface area (Å²) in [5.41, 5.74) is 6.80. The van der Waals surface area contributed by atoms with E-state index in [1.165, 1.54) is 6.92 Å². The Balaban J connectivity index is 2.07. The Kier molecular flexibility index (Phi) is 4.34. The van der Waals surface area contributed by atoms with Crippen molar-refractivity contribution in [2.24, 2.45) is 12.8 Å². The van der Waals surface area contributed by atoms with E-state index in [1.807, 2.05) is 0 Å². The van der Waals surface area contributed by atoms with Crippen LogP contribution >= 0.6 is 0 Å². The summed E-state index contributed by atoms with van der Waals surface area (Å²) >= 11 is 0. The minimum atomic E-state index is -0.407. The highest BCUT2D eigenvalue weighted by Crippen LogP contribution is 2.14. The fourth-order valence-electron chi connectivity index (χ4n) is 1.79. The van der Waals surface area contributed by atoms with Gasteiger partial charge in [0.25, 0.3) is 5.91 Å². The van der Waals surface area contributed by atoms with Gasteiger partial charge in [-0.05, 0) is 24.3 Å². The number of nitrogens with two attached hydrogens (primary N) is 1. The second-order valence-electron chi connectivity index (χ2n) is 4.42. The van der Waals surface area contributed by atoms with Gasteiger partial charge in [-0.15, -0.1) is 0 Å². The maximum absolute atomic E-state index is 12.1. The standard InChI is InChI=1S/C14H16N4O3/c1-9(19)21-12-5-3-10(4-6-12)14(20)16-13-7-11(8-15)18(2)17-13/h3-7H,8,15H2,1-2H3,(H,16,17,20). The van der Waals surface area contributed by atoms with Gasteiger partial charge in [0.2, 0.25) is 0 Å². The van der Waals surface area contributed by atoms with Crippen LogP contribution < -0.4 is 15.8 Å². The zero-order chi connectivity index (χ0) is 15.4. The lowest BCUT2D eigenvalue weighted by atomic mass is 10.2. The maximum atomic E-state index is 12.1. The van der Waals surface area contributed by atoms with Gasteiger partial charge in [0, 0.05) is 32.1 Å². The van der Waals surface area contributed by atoms with Crippen LogP contribution in [-0.2, 0) is 18.4 Å². The number of esters is 1. The number of rotatable bonds is 4. The summed E-state index contributed by atoms with van der Waals surface area (Å²) in [4.78, 5) is 22.9. The molecular formula is C14H16N4O3. The average Bonchev–Trinajstić information content (AvgIpc) is 2.78. The van der Waals surface area contributed by atoms with E-state index in [2.05, 4.69) is 10.4 Å². The van der Waals surface area contributed by atoms with Crippen LogP contribution in [0, 0.1) is 0 Å². The van der Waals surface area contributed by atoms with Gasteiger partial charge in [0.1, 0.15) is 5.75 Å². The Labute approximate surface area is 121 Å². The van der Waals surface area contributed by atoms with Crippen molar-refractivity contribution in [3.8, 4) is 5.75 Å². The van der Waals surface area contributed by atoms with E-state index in [1.54, 1.807) is 42.1 Å². The molecule has 1 aromatic heterocycles. The number of benzene rings is 1. The maximum Gasteiger partial charge on any atom is 0.308 e. The van der Waals surface area contributed by atoms with Gasteiger partial charge in [-0.1, -0.05) is 0 Å². The lowest BCUT2D eigenvalue weighted by Gasteiger charge is -2.04. The topological polar surface area (TPSA) is 99.2 Å². The highest BCUT2D eigenvalue weighted by atomic mass is 16.5. The van der Waals surface area contributed by atoms with Gasteiger partial charge < -0.3 is 15.8 Å². The predicted octanol–water partition coefficient (Wildman–Crippen LogP) is 1.06. The lowest BCUT2D eigenvalue weighted by molar-refractivity contribution is -0.131. The van der Waals surface area contributed by atoms with Crippen molar-refractivity contribution in [2.45, 2.75) is 13.5 Å². The monoisotopic (exact) mass is 288 g/mol. The van der Waals surface area contributed by atoms with Crippen LogP contribution in [-0.4, -0.2) is 21.7 Å². The minimum absolute atomic E-state index is 0.300. The van der Waals surface area contributed by atoms with Gasteiger partial charge in [0.05, 0.1) is 5.69 Å². The van der Waals surface area contributed by atoms with Gasteiger partial charge in [-0.2, -0.15) is 5.10 Å². The summed E-state index contributed by atoms with van der Waals surface area (Å²) in [5, 5.41) is 6.82. The van der Waals surface area contributed by atoms with E-state index in [9.17, 15) is 9.59 Å². The van der Waals surface area contributed by atoms with E-state index >= 15 is 0 Å². The Morgan fingerprint density at radius 3 is 2.52 bits per heavy atom. The number of carbonyl (C=O) groups is 2. The Bertz CT molecular complexity index is 661. The number of ether oxygens (including phenoxy) is 1. The highest BCUT2D eigenvalue weighted by molar-refractivity contribution is 6.03. The average molecular weight is 288 g/mol. The highest BCUT2D eigenvalue weighted by Gasteiger charge is 2.10. The van der Waals surface area contributed by atoms with Crippen molar-refractivity contribution in [1.29, 1.82) is 0 Å².